The van der Waals surface area contributed by atoms with Crippen LogP contribution in [0.1, 0.15) is 18.1 Å². The van der Waals surface area contributed by atoms with E-state index in [-0.39, 0.29) is 18.4 Å². The molecule has 0 radical (unpaired) electrons. The second kappa shape index (κ2) is 8.47. The van der Waals surface area contributed by atoms with Gasteiger partial charge >= 0.3 is 0 Å². The Morgan fingerprint density at radius 2 is 1.62 bits per heavy atom. The van der Waals surface area contributed by atoms with Crippen LogP contribution in [0.15, 0.2) is 53.6 Å². The molecule has 0 bridgehead atoms. The van der Waals surface area contributed by atoms with Crippen molar-refractivity contribution in [2.45, 2.75) is 13.8 Å². The summed E-state index contributed by atoms with van der Waals surface area (Å²) in [5.41, 5.74) is 6.04. The summed E-state index contributed by atoms with van der Waals surface area (Å²) in [5.74, 6) is -0.355. The molecular formula is C18H20N4O2. The van der Waals surface area contributed by atoms with Crippen molar-refractivity contribution in [3.05, 3.63) is 59.7 Å². The van der Waals surface area contributed by atoms with Crippen LogP contribution in [0.4, 0.5) is 11.4 Å². The van der Waals surface area contributed by atoms with Gasteiger partial charge in [-0.15, -0.1) is 0 Å². The van der Waals surface area contributed by atoms with Crippen LogP contribution < -0.4 is 16.1 Å². The lowest BCUT2D eigenvalue weighted by Gasteiger charge is -2.05. The molecule has 0 aliphatic carbocycles. The zero-order valence-electron chi connectivity index (χ0n) is 13.7. The van der Waals surface area contributed by atoms with Crippen molar-refractivity contribution in [3.63, 3.8) is 0 Å². The Labute approximate surface area is 141 Å². The molecule has 3 N–H and O–H groups in total. The van der Waals surface area contributed by atoms with E-state index >= 15 is 0 Å². The number of rotatable bonds is 6. The van der Waals surface area contributed by atoms with E-state index in [2.05, 4.69) is 21.2 Å². The van der Waals surface area contributed by atoms with Crippen molar-refractivity contribution in [2.75, 3.05) is 17.2 Å². The number of nitrogens with zero attached hydrogens (tertiary/aromatic N) is 1. The Kier molecular flexibility index (Phi) is 6.08. The zero-order chi connectivity index (χ0) is 17.4. The highest BCUT2D eigenvalue weighted by atomic mass is 16.2. The van der Waals surface area contributed by atoms with Crippen molar-refractivity contribution in [1.82, 2.24) is 5.43 Å². The van der Waals surface area contributed by atoms with Gasteiger partial charge in [-0.1, -0.05) is 29.8 Å². The van der Waals surface area contributed by atoms with E-state index in [0.29, 0.717) is 5.69 Å². The summed E-state index contributed by atoms with van der Waals surface area (Å²) in [6, 6.07) is 14.9. The fourth-order valence-corrected chi connectivity index (χ4v) is 1.93. The van der Waals surface area contributed by atoms with E-state index < -0.39 is 0 Å². The number of hydrazone groups is 1. The van der Waals surface area contributed by atoms with E-state index in [1.165, 1.54) is 12.5 Å². The molecule has 0 heterocycles. The molecule has 2 amide bonds. The lowest BCUT2D eigenvalue weighted by Crippen LogP contribution is -2.25. The number of benzene rings is 2. The predicted molar refractivity (Wildman–Crippen MR) is 96.2 cm³/mol. The molecule has 2 aromatic rings. The zero-order valence-corrected chi connectivity index (χ0v) is 13.7. The van der Waals surface area contributed by atoms with E-state index in [0.717, 1.165) is 11.3 Å². The summed E-state index contributed by atoms with van der Waals surface area (Å²) < 4.78 is 0. The van der Waals surface area contributed by atoms with Crippen LogP contribution in [-0.2, 0) is 9.59 Å². The SMILES string of the molecule is CC(=O)Nc1ccc(/C=N/NC(=O)CNc2ccc(C)cc2)cc1. The molecule has 6 nitrogen and oxygen atoms in total. The summed E-state index contributed by atoms with van der Waals surface area (Å²) in [7, 11) is 0. The van der Waals surface area contributed by atoms with Gasteiger partial charge in [0.2, 0.25) is 5.91 Å². The highest BCUT2D eigenvalue weighted by Crippen LogP contribution is 2.08. The van der Waals surface area contributed by atoms with Crippen molar-refractivity contribution in [3.8, 4) is 0 Å². The smallest absolute Gasteiger partial charge is 0.259 e. The van der Waals surface area contributed by atoms with Crippen LogP contribution in [0.2, 0.25) is 0 Å². The number of aryl methyl sites for hydroxylation is 1. The Morgan fingerprint density at radius 3 is 2.25 bits per heavy atom. The van der Waals surface area contributed by atoms with Gasteiger partial charge in [0.05, 0.1) is 12.8 Å². The maximum atomic E-state index is 11.7. The highest BCUT2D eigenvalue weighted by molar-refractivity contribution is 5.89. The maximum Gasteiger partial charge on any atom is 0.259 e. The fraction of sp³-hybridized carbons (Fsp3) is 0.167. The summed E-state index contributed by atoms with van der Waals surface area (Å²) in [4.78, 5) is 22.6. The first-order valence-electron chi connectivity index (χ1n) is 7.53. The van der Waals surface area contributed by atoms with E-state index in [1.54, 1.807) is 30.5 Å². The van der Waals surface area contributed by atoms with Crippen LogP contribution in [0, 0.1) is 6.92 Å². The molecule has 0 spiro atoms. The summed E-state index contributed by atoms with van der Waals surface area (Å²) in [6.45, 7) is 3.60. The minimum Gasteiger partial charge on any atom is -0.376 e. The number of hydrogen-bond acceptors (Lipinski definition) is 4. The lowest BCUT2D eigenvalue weighted by atomic mass is 10.2. The predicted octanol–water partition coefficient (Wildman–Crippen LogP) is 2.52. The number of carbonyl (C=O) groups is 2. The largest absolute Gasteiger partial charge is 0.376 e. The van der Waals surface area contributed by atoms with E-state index in [4.69, 9.17) is 0 Å². The van der Waals surface area contributed by atoms with Gasteiger partial charge in [-0.2, -0.15) is 5.10 Å². The van der Waals surface area contributed by atoms with Crippen molar-refractivity contribution < 1.29 is 9.59 Å². The summed E-state index contributed by atoms with van der Waals surface area (Å²) in [6.07, 6.45) is 1.54. The first-order chi connectivity index (χ1) is 11.5. The number of anilines is 2. The minimum absolute atomic E-state index is 0.121. The van der Waals surface area contributed by atoms with Crippen LogP contribution >= 0.6 is 0 Å². The van der Waals surface area contributed by atoms with Gasteiger partial charge in [-0.25, -0.2) is 5.43 Å². The second-order valence-electron chi connectivity index (χ2n) is 5.32. The molecule has 2 rings (SSSR count). The molecule has 2 aromatic carbocycles. The highest BCUT2D eigenvalue weighted by Gasteiger charge is 1.99. The Hall–Kier alpha value is -3.15. The van der Waals surface area contributed by atoms with Crippen molar-refractivity contribution >= 4 is 29.4 Å². The third kappa shape index (κ3) is 5.92. The molecule has 6 heteroatoms. The molecule has 0 aliphatic heterocycles. The summed E-state index contributed by atoms with van der Waals surface area (Å²) >= 11 is 0. The lowest BCUT2D eigenvalue weighted by molar-refractivity contribution is -0.119. The molecule has 0 aliphatic rings. The third-order valence-corrected chi connectivity index (χ3v) is 3.14. The molecule has 0 atom stereocenters. The van der Waals surface area contributed by atoms with Crippen LogP contribution in [-0.4, -0.2) is 24.6 Å². The average Bonchev–Trinajstić information content (AvgIpc) is 2.55. The fourth-order valence-electron chi connectivity index (χ4n) is 1.93. The number of nitrogens with one attached hydrogen (secondary N) is 3. The second-order valence-corrected chi connectivity index (χ2v) is 5.32. The molecule has 0 fully saturated rings. The molecule has 124 valence electrons. The monoisotopic (exact) mass is 324 g/mol. The minimum atomic E-state index is -0.235. The van der Waals surface area contributed by atoms with E-state index in [1.807, 2.05) is 31.2 Å². The third-order valence-electron chi connectivity index (χ3n) is 3.14. The molecule has 0 aromatic heterocycles. The van der Waals surface area contributed by atoms with Gasteiger partial charge in [-0.3, -0.25) is 9.59 Å². The molecule has 0 saturated carbocycles. The first-order valence-corrected chi connectivity index (χ1v) is 7.53. The number of carbonyl (C=O) groups excluding carboxylic acids is 2. The number of amides is 2. The van der Waals surface area contributed by atoms with Crippen molar-refractivity contribution in [2.24, 2.45) is 5.10 Å². The maximum absolute atomic E-state index is 11.7. The Balaban J connectivity index is 1.77. The quantitative estimate of drug-likeness (QED) is 0.564. The molecule has 0 saturated heterocycles. The molecular weight excluding hydrogens is 304 g/mol. The topological polar surface area (TPSA) is 82.6 Å². The molecule has 0 unspecified atom stereocenters. The van der Waals surface area contributed by atoms with Gasteiger partial charge in [0.1, 0.15) is 0 Å². The van der Waals surface area contributed by atoms with E-state index in [9.17, 15) is 9.59 Å². The van der Waals surface area contributed by atoms with Gasteiger partial charge in [0.15, 0.2) is 0 Å². The van der Waals surface area contributed by atoms with Gasteiger partial charge in [-0.05, 0) is 36.8 Å². The average molecular weight is 324 g/mol. The van der Waals surface area contributed by atoms with Crippen molar-refractivity contribution in [1.29, 1.82) is 0 Å². The van der Waals surface area contributed by atoms with Gasteiger partial charge in [0.25, 0.3) is 5.91 Å². The normalized spacial score (nSPS) is 10.4. The van der Waals surface area contributed by atoms with Crippen LogP contribution in [0.25, 0.3) is 0 Å². The van der Waals surface area contributed by atoms with Gasteiger partial charge < -0.3 is 10.6 Å². The first kappa shape index (κ1) is 17.2. The Bertz CT molecular complexity index is 722. The van der Waals surface area contributed by atoms with Crippen LogP contribution in [0.5, 0.6) is 0 Å². The molecule has 24 heavy (non-hydrogen) atoms. The van der Waals surface area contributed by atoms with Gasteiger partial charge in [0, 0.05) is 18.3 Å². The van der Waals surface area contributed by atoms with Crippen LogP contribution in [0.3, 0.4) is 0 Å². The summed E-state index contributed by atoms with van der Waals surface area (Å²) in [5, 5.41) is 9.61. The Morgan fingerprint density at radius 1 is 1.00 bits per heavy atom. The number of hydrogen-bond donors (Lipinski definition) is 3. The standard InChI is InChI=1S/C18H20N4O2/c1-13-3-7-16(8-4-13)19-12-18(24)22-20-11-15-5-9-17(10-6-15)21-14(2)23/h3-11,19H,12H2,1-2H3,(H,21,23)(H,22,24)/b20-11+.